The van der Waals surface area contributed by atoms with E-state index < -0.39 is 0 Å². The van der Waals surface area contributed by atoms with Gasteiger partial charge in [-0.3, -0.25) is 4.79 Å². The molecule has 0 aromatic heterocycles. The van der Waals surface area contributed by atoms with Gasteiger partial charge in [0.15, 0.2) is 0 Å². The van der Waals surface area contributed by atoms with Gasteiger partial charge in [-0.15, -0.1) is 0 Å². The third kappa shape index (κ3) is 4.99. The summed E-state index contributed by atoms with van der Waals surface area (Å²) in [5, 5.41) is 14.5. The number of carbonyl (C=O) groups is 1. The molecule has 0 aromatic carbocycles. The molecule has 2 atom stereocenters. The van der Waals surface area contributed by atoms with Crippen LogP contribution in [-0.4, -0.2) is 63.2 Å². The van der Waals surface area contributed by atoms with E-state index in [-0.39, 0.29) is 24.5 Å². The van der Waals surface area contributed by atoms with Crippen molar-refractivity contribution >= 4 is 5.91 Å². The average molecular weight is 246 g/mol. The number of rotatable bonds is 8. The summed E-state index contributed by atoms with van der Waals surface area (Å²) < 4.78 is 10.4. The number of aliphatic hydroxyl groups excluding tert-OH is 1. The van der Waals surface area contributed by atoms with Gasteiger partial charge in [-0.05, 0) is 6.54 Å². The van der Waals surface area contributed by atoms with E-state index in [9.17, 15) is 4.79 Å². The Morgan fingerprint density at radius 1 is 1.47 bits per heavy atom. The minimum absolute atomic E-state index is 0.000971. The van der Waals surface area contributed by atoms with Crippen molar-refractivity contribution in [2.75, 3.05) is 46.1 Å². The number of nitrogens with one attached hydrogen (secondary N) is 2. The van der Waals surface area contributed by atoms with Crippen LogP contribution in [0, 0.1) is 5.92 Å². The zero-order chi connectivity index (χ0) is 12.5. The van der Waals surface area contributed by atoms with E-state index in [1.807, 2.05) is 6.92 Å². The molecule has 0 spiro atoms. The second kappa shape index (κ2) is 8.41. The van der Waals surface area contributed by atoms with Crippen molar-refractivity contribution in [2.24, 2.45) is 5.92 Å². The number of likely N-dealkylation sites (N-methyl/N-ethyl adjacent to an activating group) is 1. The lowest BCUT2D eigenvalue weighted by atomic mass is 10.0. The summed E-state index contributed by atoms with van der Waals surface area (Å²) in [6.45, 7) is 5.11. The van der Waals surface area contributed by atoms with Crippen LogP contribution >= 0.6 is 0 Å². The fourth-order valence-electron chi connectivity index (χ4n) is 1.82. The van der Waals surface area contributed by atoms with Gasteiger partial charge in [0.25, 0.3) is 0 Å². The Hall–Kier alpha value is -0.690. The van der Waals surface area contributed by atoms with E-state index in [4.69, 9.17) is 14.6 Å². The highest BCUT2D eigenvalue weighted by Crippen LogP contribution is 2.13. The van der Waals surface area contributed by atoms with Crippen LogP contribution in [-0.2, 0) is 14.3 Å². The maximum atomic E-state index is 11.8. The van der Waals surface area contributed by atoms with E-state index in [0.29, 0.717) is 33.0 Å². The minimum atomic E-state index is -0.118. The summed E-state index contributed by atoms with van der Waals surface area (Å²) in [6.07, 6.45) is 0. The normalized spacial score (nSPS) is 23.9. The Bertz CT molecular complexity index is 226. The van der Waals surface area contributed by atoms with E-state index in [2.05, 4.69) is 10.6 Å². The first-order chi connectivity index (χ1) is 8.29. The summed E-state index contributed by atoms with van der Waals surface area (Å²) in [7, 11) is 0. The number of aliphatic hydroxyl groups is 1. The number of ether oxygens (including phenoxy) is 2. The Kier molecular flexibility index (Phi) is 7.11. The monoisotopic (exact) mass is 246 g/mol. The first-order valence-corrected chi connectivity index (χ1v) is 6.07. The van der Waals surface area contributed by atoms with E-state index in [1.54, 1.807) is 0 Å². The van der Waals surface area contributed by atoms with Crippen LogP contribution in [0.15, 0.2) is 0 Å². The molecule has 1 fully saturated rings. The maximum Gasteiger partial charge on any atom is 0.227 e. The molecule has 17 heavy (non-hydrogen) atoms. The van der Waals surface area contributed by atoms with Gasteiger partial charge < -0.3 is 25.2 Å². The third-order valence-electron chi connectivity index (χ3n) is 2.66. The lowest BCUT2D eigenvalue weighted by Crippen LogP contribution is -2.44. The zero-order valence-electron chi connectivity index (χ0n) is 10.3. The average Bonchev–Trinajstić information content (AvgIpc) is 2.77. The largest absolute Gasteiger partial charge is 0.394 e. The first-order valence-electron chi connectivity index (χ1n) is 6.07. The van der Waals surface area contributed by atoms with Crippen molar-refractivity contribution in [1.29, 1.82) is 0 Å². The lowest BCUT2D eigenvalue weighted by molar-refractivity contribution is -0.125. The SMILES string of the molecule is CCNC1COCC1C(=O)NCCOCCO. The Labute approximate surface area is 102 Å². The van der Waals surface area contributed by atoms with Gasteiger partial charge in [-0.1, -0.05) is 6.92 Å². The smallest absolute Gasteiger partial charge is 0.227 e. The Balaban J connectivity index is 2.17. The molecular weight excluding hydrogens is 224 g/mol. The van der Waals surface area contributed by atoms with Crippen molar-refractivity contribution in [3.63, 3.8) is 0 Å². The summed E-state index contributed by atoms with van der Waals surface area (Å²) >= 11 is 0. The van der Waals surface area contributed by atoms with E-state index in [1.165, 1.54) is 0 Å². The molecule has 6 nitrogen and oxygen atoms in total. The zero-order valence-corrected chi connectivity index (χ0v) is 10.3. The fraction of sp³-hybridized carbons (Fsp3) is 0.909. The minimum Gasteiger partial charge on any atom is -0.394 e. The second-order valence-corrected chi connectivity index (χ2v) is 3.94. The number of hydrogen-bond acceptors (Lipinski definition) is 5. The van der Waals surface area contributed by atoms with Crippen molar-refractivity contribution in [1.82, 2.24) is 10.6 Å². The maximum absolute atomic E-state index is 11.8. The van der Waals surface area contributed by atoms with Crippen LogP contribution in [0.3, 0.4) is 0 Å². The first kappa shape index (κ1) is 14.4. The Morgan fingerprint density at radius 2 is 2.29 bits per heavy atom. The lowest BCUT2D eigenvalue weighted by Gasteiger charge is -2.17. The van der Waals surface area contributed by atoms with Crippen LogP contribution < -0.4 is 10.6 Å². The van der Waals surface area contributed by atoms with Gasteiger partial charge in [-0.2, -0.15) is 0 Å². The molecule has 100 valence electrons. The Morgan fingerprint density at radius 3 is 3.00 bits per heavy atom. The molecule has 0 aliphatic carbocycles. The van der Waals surface area contributed by atoms with Crippen LogP contribution in [0.5, 0.6) is 0 Å². The van der Waals surface area contributed by atoms with Crippen LogP contribution in [0.25, 0.3) is 0 Å². The molecule has 0 radical (unpaired) electrons. The summed E-state index contributed by atoms with van der Waals surface area (Å²) in [5.74, 6) is -0.117. The molecular formula is C11H22N2O4. The summed E-state index contributed by atoms with van der Waals surface area (Å²) in [5.41, 5.74) is 0. The fourth-order valence-corrected chi connectivity index (χ4v) is 1.82. The van der Waals surface area contributed by atoms with Crippen molar-refractivity contribution in [3.05, 3.63) is 0 Å². The van der Waals surface area contributed by atoms with Crippen LogP contribution in [0.2, 0.25) is 0 Å². The second-order valence-electron chi connectivity index (χ2n) is 3.94. The standard InChI is InChI=1S/C11H22N2O4/c1-2-12-10-8-17-7-9(10)11(15)13-3-5-16-6-4-14/h9-10,12,14H,2-8H2,1H3,(H,13,15). The highest BCUT2D eigenvalue weighted by Gasteiger charge is 2.32. The predicted octanol–water partition coefficient (Wildman–Crippen LogP) is -1.26. The highest BCUT2D eigenvalue weighted by molar-refractivity contribution is 5.79. The van der Waals surface area contributed by atoms with Gasteiger partial charge in [0.2, 0.25) is 5.91 Å². The van der Waals surface area contributed by atoms with Crippen molar-refractivity contribution < 1.29 is 19.4 Å². The number of carbonyl (C=O) groups excluding carboxylic acids is 1. The predicted molar refractivity (Wildman–Crippen MR) is 62.7 cm³/mol. The van der Waals surface area contributed by atoms with E-state index in [0.717, 1.165) is 6.54 Å². The number of amides is 1. The molecule has 1 aliphatic rings. The molecule has 0 bridgehead atoms. The van der Waals surface area contributed by atoms with Crippen molar-refractivity contribution in [2.45, 2.75) is 13.0 Å². The molecule has 2 unspecified atom stereocenters. The molecule has 0 saturated carbocycles. The molecule has 0 aromatic rings. The third-order valence-corrected chi connectivity index (χ3v) is 2.66. The van der Waals surface area contributed by atoms with E-state index >= 15 is 0 Å². The highest BCUT2D eigenvalue weighted by atomic mass is 16.5. The number of hydrogen-bond donors (Lipinski definition) is 3. The molecule has 1 saturated heterocycles. The van der Waals surface area contributed by atoms with Gasteiger partial charge in [0.05, 0.1) is 39.0 Å². The van der Waals surface area contributed by atoms with Crippen LogP contribution in [0.4, 0.5) is 0 Å². The van der Waals surface area contributed by atoms with Gasteiger partial charge in [0.1, 0.15) is 0 Å². The van der Waals surface area contributed by atoms with Gasteiger partial charge in [-0.25, -0.2) is 0 Å². The molecule has 6 heteroatoms. The summed E-state index contributed by atoms with van der Waals surface area (Å²) in [4.78, 5) is 11.8. The topological polar surface area (TPSA) is 79.8 Å². The molecule has 1 aliphatic heterocycles. The molecule has 3 N–H and O–H groups in total. The van der Waals surface area contributed by atoms with Gasteiger partial charge >= 0.3 is 0 Å². The van der Waals surface area contributed by atoms with Crippen molar-refractivity contribution in [3.8, 4) is 0 Å². The van der Waals surface area contributed by atoms with Gasteiger partial charge in [0, 0.05) is 12.6 Å². The molecule has 1 amide bonds. The quantitative estimate of drug-likeness (QED) is 0.466. The summed E-state index contributed by atoms with van der Waals surface area (Å²) in [6, 6.07) is 0.110. The van der Waals surface area contributed by atoms with Crippen LogP contribution in [0.1, 0.15) is 6.92 Å². The molecule has 1 rings (SSSR count). The molecule has 1 heterocycles.